The van der Waals surface area contributed by atoms with E-state index in [1.807, 2.05) is 6.07 Å². The van der Waals surface area contributed by atoms with Crippen LogP contribution in [-0.2, 0) is 4.74 Å². The first kappa shape index (κ1) is 9.69. The Morgan fingerprint density at radius 2 is 2.14 bits per heavy atom. The summed E-state index contributed by atoms with van der Waals surface area (Å²) < 4.78 is 5.93. The summed E-state index contributed by atoms with van der Waals surface area (Å²) in [5.74, 6) is 0. The van der Waals surface area contributed by atoms with Crippen molar-refractivity contribution < 1.29 is 4.74 Å². The maximum atomic E-state index is 5.93. The van der Waals surface area contributed by atoms with E-state index in [1.54, 1.807) is 0 Å². The third-order valence-electron chi connectivity index (χ3n) is 2.68. The lowest BCUT2D eigenvalue weighted by Gasteiger charge is -2.18. The number of nitrogens with one attached hydrogen (secondary N) is 1. The van der Waals surface area contributed by atoms with Crippen LogP contribution < -0.4 is 5.32 Å². The van der Waals surface area contributed by atoms with Crippen molar-refractivity contribution in [1.29, 1.82) is 0 Å². The molecular weight excluding hydrogens is 174 g/mol. The molecule has 1 N–H and O–H groups in total. The molecule has 2 rings (SSSR count). The lowest BCUT2D eigenvalue weighted by atomic mass is 10.1. The van der Waals surface area contributed by atoms with E-state index in [2.05, 4.69) is 36.5 Å². The molecule has 14 heavy (non-hydrogen) atoms. The number of rotatable bonds is 3. The highest BCUT2D eigenvalue weighted by molar-refractivity contribution is 5.16. The first-order valence-electron chi connectivity index (χ1n) is 5.27. The van der Waals surface area contributed by atoms with Gasteiger partial charge in [-0.05, 0) is 25.5 Å². The number of benzene rings is 1. The van der Waals surface area contributed by atoms with Crippen LogP contribution in [0.3, 0.4) is 0 Å². The standard InChI is InChI=1S/C12H17NO/c1-10(11-5-3-2-4-6-11)14-12-7-8-13-9-12/h2-6,10,12-13H,7-9H2,1H3/t10?,12-/m1/s1. The molecule has 0 aliphatic carbocycles. The van der Waals surface area contributed by atoms with Gasteiger partial charge in [0, 0.05) is 6.54 Å². The minimum absolute atomic E-state index is 0.209. The Bertz CT molecular complexity index is 267. The third kappa shape index (κ3) is 2.34. The quantitative estimate of drug-likeness (QED) is 0.790. The van der Waals surface area contributed by atoms with E-state index in [-0.39, 0.29) is 6.10 Å². The molecule has 0 bridgehead atoms. The van der Waals surface area contributed by atoms with E-state index < -0.39 is 0 Å². The fourth-order valence-corrected chi connectivity index (χ4v) is 1.84. The predicted octanol–water partition coefficient (Wildman–Crippen LogP) is 2.13. The van der Waals surface area contributed by atoms with Crippen LogP contribution in [0.4, 0.5) is 0 Å². The van der Waals surface area contributed by atoms with Gasteiger partial charge in [-0.2, -0.15) is 0 Å². The van der Waals surface area contributed by atoms with Crippen molar-refractivity contribution in [3.63, 3.8) is 0 Å². The molecule has 0 spiro atoms. The van der Waals surface area contributed by atoms with Crippen LogP contribution in [0, 0.1) is 0 Å². The van der Waals surface area contributed by atoms with Gasteiger partial charge in [0.25, 0.3) is 0 Å². The normalized spacial score (nSPS) is 23.6. The minimum atomic E-state index is 0.209. The van der Waals surface area contributed by atoms with Gasteiger partial charge in [0.1, 0.15) is 0 Å². The molecule has 2 heteroatoms. The van der Waals surface area contributed by atoms with E-state index in [0.29, 0.717) is 6.10 Å². The van der Waals surface area contributed by atoms with Crippen molar-refractivity contribution in [2.45, 2.75) is 25.6 Å². The van der Waals surface area contributed by atoms with Crippen molar-refractivity contribution in [3.8, 4) is 0 Å². The van der Waals surface area contributed by atoms with E-state index in [4.69, 9.17) is 4.74 Å². The van der Waals surface area contributed by atoms with Crippen LogP contribution in [-0.4, -0.2) is 19.2 Å². The number of ether oxygens (including phenoxy) is 1. The van der Waals surface area contributed by atoms with Crippen molar-refractivity contribution in [3.05, 3.63) is 35.9 Å². The average molecular weight is 191 g/mol. The largest absolute Gasteiger partial charge is 0.369 e. The lowest BCUT2D eigenvalue weighted by molar-refractivity contribution is 0.00829. The Morgan fingerprint density at radius 1 is 1.36 bits per heavy atom. The maximum Gasteiger partial charge on any atom is 0.0801 e. The van der Waals surface area contributed by atoms with Gasteiger partial charge in [-0.1, -0.05) is 30.3 Å². The highest BCUT2D eigenvalue weighted by atomic mass is 16.5. The van der Waals surface area contributed by atoms with E-state index >= 15 is 0 Å². The van der Waals surface area contributed by atoms with Gasteiger partial charge < -0.3 is 10.1 Å². The maximum absolute atomic E-state index is 5.93. The highest BCUT2D eigenvalue weighted by Gasteiger charge is 2.18. The topological polar surface area (TPSA) is 21.3 Å². The van der Waals surface area contributed by atoms with Gasteiger partial charge >= 0.3 is 0 Å². The van der Waals surface area contributed by atoms with Gasteiger partial charge in [-0.3, -0.25) is 0 Å². The Hall–Kier alpha value is -0.860. The SMILES string of the molecule is CC(O[C@@H]1CCNC1)c1ccccc1. The zero-order valence-electron chi connectivity index (χ0n) is 8.57. The van der Waals surface area contributed by atoms with Crippen molar-refractivity contribution >= 4 is 0 Å². The molecule has 1 saturated heterocycles. The molecule has 1 aliphatic rings. The first-order valence-corrected chi connectivity index (χ1v) is 5.27. The summed E-state index contributed by atoms with van der Waals surface area (Å²) >= 11 is 0. The summed E-state index contributed by atoms with van der Waals surface area (Å²) in [5.41, 5.74) is 1.26. The zero-order valence-corrected chi connectivity index (χ0v) is 8.57. The van der Waals surface area contributed by atoms with Crippen LogP contribution in [0.25, 0.3) is 0 Å². The van der Waals surface area contributed by atoms with Crippen LogP contribution in [0.2, 0.25) is 0 Å². The minimum Gasteiger partial charge on any atom is -0.369 e. The second kappa shape index (κ2) is 4.58. The molecule has 1 heterocycles. The lowest BCUT2D eigenvalue weighted by Crippen LogP contribution is -2.18. The van der Waals surface area contributed by atoms with E-state index in [9.17, 15) is 0 Å². The van der Waals surface area contributed by atoms with Crippen LogP contribution in [0.15, 0.2) is 30.3 Å². The molecule has 2 atom stereocenters. The molecule has 0 saturated carbocycles. The molecule has 76 valence electrons. The molecule has 1 aromatic carbocycles. The van der Waals surface area contributed by atoms with Crippen LogP contribution in [0.1, 0.15) is 25.0 Å². The molecule has 1 fully saturated rings. The van der Waals surface area contributed by atoms with Gasteiger partial charge in [0.2, 0.25) is 0 Å². The Kier molecular flexibility index (Phi) is 3.17. The summed E-state index contributed by atoms with van der Waals surface area (Å²) in [7, 11) is 0. The Balaban J connectivity index is 1.92. The molecule has 1 unspecified atom stereocenters. The fraction of sp³-hybridized carbons (Fsp3) is 0.500. The monoisotopic (exact) mass is 191 g/mol. The molecule has 0 amide bonds. The summed E-state index contributed by atoms with van der Waals surface area (Å²) in [6.45, 7) is 4.21. The fourth-order valence-electron chi connectivity index (χ4n) is 1.84. The van der Waals surface area contributed by atoms with Crippen LogP contribution in [0.5, 0.6) is 0 Å². The third-order valence-corrected chi connectivity index (χ3v) is 2.68. The van der Waals surface area contributed by atoms with Gasteiger partial charge in [0.15, 0.2) is 0 Å². The van der Waals surface area contributed by atoms with Crippen molar-refractivity contribution in [2.24, 2.45) is 0 Å². The highest BCUT2D eigenvalue weighted by Crippen LogP contribution is 2.19. The van der Waals surface area contributed by atoms with Gasteiger partial charge in [-0.15, -0.1) is 0 Å². The summed E-state index contributed by atoms with van der Waals surface area (Å²) in [5, 5.41) is 3.30. The van der Waals surface area contributed by atoms with Crippen molar-refractivity contribution in [1.82, 2.24) is 5.32 Å². The first-order chi connectivity index (χ1) is 6.86. The summed E-state index contributed by atoms with van der Waals surface area (Å²) in [6.07, 6.45) is 1.74. The van der Waals surface area contributed by atoms with Gasteiger partial charge in [-0.25, -0.2) is 0 Å². The molecule has 0 aromatic heterocycles. The van der Waals surface area contributed by atoms with E-state index in [1.165, 1.54) is 5.56 Å². The Morgan fingerprint density at radius 3 is 2.79 bits per heavy atom. The van der Waals surface area contributed by atoms with Crippen molar-refractivity contribution in [2.75, 3.05) is 13.1 Å². The van der Waals surface area contributed by atoms with Gasteiger partial charge in [0.05, 0.1) is 12.2 Å². The second-order valence-corrected chi connectivity index (χ2v) is 3.80. The summed E-state index contributed by atoms with van der Waals surface area (Å²) in [6, 6.07) is 10.4. The predicted molar refractivity (Wildman–Crippen MR) is 57.2 cm³/mol. The smallest absolute Gasteiger partial charge is 0.0801 e. The molecule has 0 radical (unpaired) electrons. The Labute approximate surface area is 85.3 Å². The molecular formula is C12H17NO. The molecule has 1 aliphatic heterocycles. The number of hydrogen-bond acceptors (Lipinski definition) is 2. The summed E-state index contributed by atoms with van der Waals surface area (Å²) in [4.78, 5) is 0. The average Bonchev–Trinajstić information content (AvgIpc) is 2.72. The van der Waals surface area contributed by atoms with E-state index in [0.717, 1.165) is 19.5 Å². The molecule has 1 aromatic rings. The second-order valence-electron chi connectivity index (χ2n) is 3.80. The van der Waals surface area contributed by atoms with Crippen LogP contribution >= 0.6 is 0 Å². The molecule has 2 nitrogen and oxygen atoms in total. The number of hydrogen-bond donors (Lipinski definition) is 1. The zero-order chi connectivity index (χ0) is 9.80.